The summed E-state index contributed by atoms with van der Waals surface area (Å²) < 4.78 is 1.72. The van der Waals surface area contributed by atoms with Crippen LogP contribution in [0.3, 0.4) is 0 Å². The molecular weight excluding hydrogens is 434 g/mol. The summed E-state index contributed by atoms with van der Waals surface area (Å²) in [5.41, 5.74) is 2.05. The van der Waals surface area contributed by atoms with Crippen LogP contribution in [-0.4, -0.2) is 27.0 Å². The number of thioether (sulfide) groups is 2. The highest BCUT2D eigenvalue weighted by Gasteiger charge is 2.24. The topological polar surface area (TPSA) is 64.0 Å². The number of rotatable bonds is 6. The van der Waals surface area contributed by atoms with Gasteiger partial charge in [0.05, 0.1) is 16.3 Å². The van der Waals surface area contributed by atoms with Gasteiger partial charge < -0.3 is 5.32 Å². The summed E-state index contributed by atoms with van der Waals surface area (Å²) >= 11 is 4.60. The Labute approximate surface area is 188 Å². The number of nitrogens with zero attached hydrogens (tertiary/aromatic N) is 2. The standard InChI is InChI=1S/C22H25N3O2S3/c1-4-25-21(27)18-14-9-5-7-11-16(14)30-20(18)24-22(25)29-13(2)19(26)23-15-10-6-8-12-17(15)28-3/h6,8,10,12-13H,4-5,7,9,11H2,1-3H3,(H,23,26). The van der Waals surface area contributed by atoms with Gasteiger partial charge in [0.2, 0.25) is 5.91 Å². The SMILES string of the molecule is CCn1c(SC(C)C(=O)Nc2ccccc2SC)nc2sc3c(c2c1=O)CCCC3. The van der Waals surface area contributed by atoms with Gasteiger partial charge in [0, 0.05) is 16.3 Å². The largest absolute Gasteiger partial charge is 0.324 e. The van der Waals surface area contributed by atoms with E-state index in [2.05, 4.69) is 5.32 Å². The van der Waals surface area contributed by atoms with E-state index in [4.69, 9.17) is 4.98 Å². The number of fused-ring (bicyclic) bond motifs is 3. The number of para-hydroxylation sites is 1. The van der Waals surface area contributed by atoms with Crippen molar-refractivity contribution in [3.8, 4) is 0 Å². The van der Waals surface area contributed by atoms with Crippen molar-refractivity contribution in [1.29, 1.82) is 0 Å². The van der Waals surface area contributed by atoms with Crippen molar-refractivity contribution in [3.05, 3.63) is 45.1 Å². The maximum absolute atomic E-state index is 13.3. The van der Waals surface area contributed by atoms with E-state index in [0.29, 0.717) is 11.7 Å². The summed E-state index contributed by atoms with van der Waals surface area (Å²) in [7, 11) is 0. The number of anilines is 1. The molecule has 0 aliphatic heterocycles. The molecule has 1 unspecified atom stereocenters. The smallest absolute Gasteiger partial charge is 0.263 e. The van der Waals surface area contributed by atoms with E-state index in [1.54, 1.807) is 27.7 Å². The van der Waals surface area contributed by atoms with Gasteiger partial charge in [-0.1, -0.05) is 23.9 Å². The molecule has 2 heterocycles. The van der Waals surface area contributed by atoms with Gasteiger partial charge in [-0.15, -0.1) is 23.1 Å². The first kappa shape index (κ1) is 21.5. The number of thiophene rings is 1. The number of benzene rings is 1. The van der Waals surface area contributed by atoms with E-state index in [1.807, 2.05) is 44.4 Å². The number of nitrogens with one attached hydrogen (secondary N) is 1. The normalized spacial score (nSPS) is 14.5. The second-order valence-corrected chi connectivity index (χ2v) is 10.5. The average molecular weight is 460 g/mol. The van der Waals surface area contributed by atoms with Gasteiger partial charge >= 0.3 is 0 Å². The van der Waals surface area contributed by atoms with Crippen molar-refractivity contribution >= 4 is 56.7 Å². The number of hydrogen-bond acceptors (Lipinski definition) is 6. The summed E-state index contributed by atoms with van der Waals surface area (Å²) in [6.45, 7) is 4.35. The molecule has 5 nitrogen and oxygen atoms in total. The van der Waals surface area contributed by atoms with Crippen LogP contribution in [0.15, 0.2) is 39.1 Å². The predicted molar refractivity (Wildman–Crippen MR) is 128 cm³/mol. The summed E-state index contributed by atoms with van der Waals surface area (Å²) in [5.74, 6) is -0.0935. The van der Waals surface area contributed by atoms with E-state index >= 15 is 0 Å². The fourth-order valence-electron chi connectivity index (χ4n) is 3.78. The highest BCUT2D eigenvalue weighted by atomic mass is 32.2. The fraction of sp³-hybridized carbons (Fsp3) is 0.409. The van der Waals surface area contributed by atoms with Crippen molar-refractivity contribution < 1.29 is 4.79 Å². The number of hydrogen-bond donors (Lipinski definition) is 1. The minimum Gasteiger partial charge on any atom is -0.324 e. The number of carbonyl (C=O) groups is 1. The third-order valence-electron chi connectivity index (χ3n) is 5.37. The van der Waals surface area contributed by atoms with Crippen molar-refractivity contribution in [2.45, 2.75) is 61.4 Å². The quantitative estimate of drug-likeness (QED) is 0.406. The van der Waals surface area contributed by atoms with Crippen LogP contribution in [0.5, 0.6) is 0 Å². The lowest BCUT2D eigenvalue weighted by molar-refractivity contribution is -0.115. The Morgan fingerprint density at radius 1 is 1.30 bits per heavy atom. The molecule has 1 aliphatic carbocycles. The summed E-state index contributed by atoms with van der Waals surface area (Å²) in [6, 6.07) is 7.76. The van der Waals surface area contributed by atoms with Crippen LogP contribution >= 0.6 is 34.9 Å². The van der Waals surface area contributed by atoms with Crippen LogP contribution in [0.25, 0.3) is 10.2 Å². The fourth-order valence-corrected chi connectivity index (χ4v) is 6.61. The molecule has 0 spiro atoms. The molecule has 0 fully saturated rings. The number of aromatic nitrogens is 2. The molecule has 1 amide bonds. The molecule has 0 radical (unpaired) electrons. The first-order valence-corrected chi connectivity index (χ1v) is 13.1. The summed E-state index contributed by atoms with van der Waals surface area (Å²) in [6.07, 6.45) is 6.31. The molecule has 1 aliphatic rings. The predicted octanol–water partition coefficient (Wildman–Crippen LogP) is 5.20. The van der Waals surface area contributed by atoms with Crippen molar-refractivity contribution in [1.82, 2.24) is 9.55 Å². The molecule has 8 heteroatoms. The molecule has 30 heavy (non-hydrogen) atoms. The number of aryl methyl sites for hydroxylation is 2. The van der Waals surface area contributed by atoms with Gasteiger partial charge in [0.25, 0.3) is 5.56 Å². The molecular formula is C22H25N3O2S3. The van der Waals surface area contributed by atoms with Gasteiger partial charge in [0.15, 0.2) is 5.16 Å². The van der Waals surface area contributed by atoms with Gasteiger partial charge in [-0.2, -0.15) is 0 Å². The van der Waals surface area contributed by atoms with E-state index < -0.39 is 0 Å². The zero-order valence-corrected chi connectivity index (χ0v) is 19.8. The summed E-state index contributed by atoms with van der Waals surface area (Å²) in [4.78, 5) is 34.1. The zero-order chi connectivity index (χ0) is 21.3. The van der Waals surface area contributed by atoms with E-state index in [1.165, 1.54) is 28.6 Å². The molecule has 0 saturated carbocycles. The highest BCUT2D eigenvalue weighted by Crippen LogP contribution is 2.35. The Morgan fingerprint density at radius 3 is 2.83 bits per heavy atom. The first-order chi connectivity index (χ1) is 14.5. The Hall–Kier alpha value is -1.77. The van der Waals surface area contributed by atoms with E-state index in [0.717, 1.165) is 40.1 Å². The van der Waals surface area contributed by atoms with E-state index in [9.17, 15) is 9.59 Å². The lowest BCUT2D eigenvalue weighted by atomic mass is 9.97. The van der Waals surface area contributed by atoms with Crippen LogP contribution in [-0.2, 0) is 24.2 Å². The molecule has 0 bridgehead atoms. The molecule has 1 aromatic carbocycles. The van der Waals surface area contributed by atoms with Crippen molar-refractivity contribution in [2.75, 3.05) is 11.6 Å². The van der Waals surface area contributed by atoms with Crippen molar-refractivity contribution in [2.24, 2.45) is 0 Å². The van der Waals surface area contributed by atoms with Gasteiger partial charge in [-0.3, -0.25) is 14.2 Å². The van der Waals surface area contributed by atoms with E-state index in [-0.39, 0.29) is 16.7 Å². The van der Waals surface area contributed by atoms with Gasteiger partial charge in [0.1, 0.15) is 4.83 Å². The Kier molecular flexibility index (Phi) is 6.55. The minimum absolute atomic E-state index is 0.0322. The third-order valence-corrected chi connectivity index (χ3v) is 8.44. The van der Waals surface area contributed by atoms with Crippen LogP contribution in [0.4, 0.5) is 5.69 Å². The molecule has 4 rings (SSSR count). The van der Waals surface area contributed by atoms with Crippen LogP contribution in [0.2, 0.25) is 0 Å². The lowest BCUT2D eigenvalue weighted by Crippen LogP contribution is -2.27. The van der Waals surface area contributed by atoms with Crippen LogP contribution in [0, 0.1) is 0 Å². The molecule has 158 valence electrons. The highest BCUT2D eigenvalue weighted by molar-refractivity contribution is 8.00. The number of amides is 1. The molecule has 1 atom stereocenters. The van der Waals surface area contributed by atoms with Crippen molar-refractivity contribution in [3.63, 3.8) is 0 Å². The summed E-state index contributed by atoms with van der Waals surface area (Å²) in [5, 5.41) is 4.06. The Bertz CT molecular complexity index is 1150. The molecule has 2 aromatic heterocycles. The molecule has 1 N–H and O–H groups in total. The lowest BCUT2D eigenvalue weighted by Gasteiger charge is -2.16. The zero-order valence-electron chi connectivity index (χ0n) is 17.4. The average Bonchev–Trinajstić information content (AvgIpc) is 3.12. The second-order valence-electron chi connectivity index (χ2n) is 7.28. The van der Waals surface area contributed by atoms with Crippen LogP contribution in [0.1, 0.15) is 37.1 Å². The van der Waals surface area contributed by atoms with Crippen LogP contribution < -0.4 is 10.9 Å². The Morgan fingerprint density at radius 2 is 2.07 bits per heavy atom. The molecule has 0 saturated heterocycles. The maximum Gasteiger partial charge on any atom is 0.263 e. The molecule has 3 aromatic rings. The Balaban J connectivity index is 1.62. The van der Waals surface area contributed by atoms with Gasteiger partial charge in [-0.05, 0) is 63.5 Å². The first-order valence-electron chi connectivity index (χ1n) is 10.2. The maximum atomic E-state index is 13.3. The second kappa shape index (κ2) is 9.16. The monoisotopic (exact) mass is 459 g/mol. The number of carbonyl (C=O) groups excluding carboxylic acids is 1. The minimum atomic E-state index is -0.378. The third kappa shape index (κ3) is 4.05. The van der Waals surface area contributed by atoms with Gasteiger partial charge in [-0.25, -0.2) is 4.98 Å².